The van der Waals surface area contributed by atoms with Crippen molar-refractivity contribution in [2.24, 2.45) is 0 Å². The van der Waals surface area contributed by atoms with Crippen LogP contribution in [0.3, 0.4) is 0 Å². The highest BCUT2D eigenvalue weighted by molar-refractivity contribution is 14.1. The van der Waals surface area contributed by atoms with Gasteiger partial charge in [-0.3, -0.25) is 4.57 Å². The van der Waals surface area contributed by atoms with E-state index in [1.807, 2.05) is 34.1 Å². The standard InChI is InChI=1S/C20H22ClFIN5O2/c1-2-29-18-12(9-13(21)15(22)16(18)23)6-7-24-19-17-20(26-10-25-19)28(11-27-17)14-5-3-4-8-30-14/h9-11,14H,2-8H2,1H3,(H,24,25,26). The fourth-order valence-corrected chi connectivity index (χ4v) is 4.74. The van der Waals surface area contributed by atoms with E-state index in [1.54, 1.807) is 12.4 Å². The summed E-state index contributed by atoms with van der Waals surface area (Å²) < 4.78 is 28.0. The van der Waals surface area contributed by atoms with Gasteiger partial charge in [0.1, 0.15) is 18.3 Å². The molecule has 0 aliphatic carbocycles. The van der Waals surface area contributed by atoms with Crippen LogP contribution in [0.5, 0.6) is 5.75 Å². The molecule has 1 aliphatic rings. The molecule has 1 atom stereocenters. The van der Waals surface area contributed by atoms with Gasteiger partial charge in [-0.15, -0.1) is 0 Å². The van der Waals surface area contributed by atoms with E-state index < -0.39 is 5.82 Å². The van der Waals surface area contributed by atoms with Gasteiger partial charge >= 0.3 is 0 Å². The Morgan fingerprint density at radius 1 is 1.37 bits per heavy atom. The van der Waals surface area contributed by atoms with Crippen molar-refractivity contribution in [1.82, 2.24) is 19.5 Å². The van der Waals surface area contributed by atoms with Gasteiger partial charge in [-0.25, -0.2) is 19.3 Å². The van der Waals surface area contributed by atoms with Crippen molar-refractivity contribution < 1.29 is 13.9 Å². The zero-order valence-electron chi connectivity index (χ0n) is 16.5. The van der Waals surface area contributed by atoms with Gasteiger partial charge in [-0.05, 0) is 66.8 Å². The quantitative estimate of drug-likeness (QED) is 0.334. The van der Waals surface area contributed by atoms with Crippen molar-refractivity contribution in [3.8, 4) is 5.75 Å². The first-order valence-electron chi connectivity index (χ1n) is 9.92. The fraction of sp³-hybridized carbons (Fsp3) is 0.450. The van der Waals surface area contributed by atoms with Gasteiger partial charge in [0, 0.05) is 13.2 Å². The van der Waals surface area contributed by atoms with Crippen LogP contribution < -0.4 is 10.1 Å². The molecule has 4 rings (SSSR count). The van der Waals surface area contributed by atoms with Crippen molar-refractivity contribution in [2.75, 3.05) is 25.1 Å². The van der Waals surface area contributed by atoms with Crippen LogP contribution in [-0.4, -0.2) is 39.3 Å². The molecule has 160 valence electrons. The van der Waals surface area contributed by atoms with Gasteiger partial charge in [0.15, 0.2) is 22.8 Å². The molecule has 1 N–H and O–H groups in total. The second-order valence-corrected chi connectivity index (χ2v) is 8.44. The second-order valence-electron chi connectivity index (χ2n) is 6.95. The van der Waals surface area contributed by atoms with Crippen LogP contribution in [0.2, 0.25) is 5.02 Å². The lowest BCUT2D eigenvalue weighted by atomic mass is 10.1. The molecular weight excluding hydrogens is 524 g/mol. The Balaban J connectivity index is 1.52. The van der Waals surface area contributed by atoms with E-state index in [0.717, 1.165) is 37.1 Å². The Morgan fingerprint density at radius 3 is 3.00 bits per heavy atom. The summed E-state index contributed by atoms with van der Waals surface area (Å²) in [6.45, 7) is 3.62. The molecule has 0 radical (unpaired) electrons. The predicted molar refractivity (Wildman–Crippen MR) is 122 cm³/mol. The van der Waals surface area contributed by atoms with Crippen LogP contribution in [-0.2, 0) is 11.2 Å². The summed E-state index contributed by atoms with van der Waals surface area (Å²) >= 11 is 7.97. The third-order valence-electron chi connectivity index (χ3n) is 4.99. The van der Waals surface area contributed by atoms with E-state index in [4.69, 9.17) is 21.1 Å². The smallest absolute Gasteiger partial charge is 0.167 e. The number of hydrogen-bond donors (Lipinski definition) is 1. The number of nitrogens with one attached hydrogen (secondary N) is 1. The maximum atomic E-state index is 14.1. The summed E-state index contributed by atoms with van der Waals surface area (Å²) in [5, 5.41) is 3.40. The third kappa shape index (κ3) is 4.33. The van der Waals surface area contributed by atoms with Gasteiger partial charge < -0.3 is 14.8 Å². The predicted octanol–water partition coefficient (Wildman–Crippen LogP) is 4.98. The molecule has 1 aromatic carbocycles. The van der Waals surface area contributed by atoms with Crippen LogP contribution >= 0.6 is 34.2 Å². The molecule has 1 aliphatic heterocycles. The van der Waals surface area contributed by atoms with Gasteiger partial charge in [-0.1, -0.05) is 11.6 Å². The Morgan fingerprint density at radius 2 is 2.23 bits per heavy atom. The number of anilines is 1. The van der Waals surface area contributed by atoms with Gasteiger partial charge in [0.05, 0.1) is 21.5 Å². The van der Waals surface area contributed by atoms with Gasteiger partial charge in [0.2, 0.25) is 0 Å². The Kier molecular flexibility index (Phi) is 6.89. The zero-order valence-corrected chi connectivity index (χ0v) is 19.4. The minimum atomic E-state index is -0.453. The number of nitrogens with zero attached hydrogens (tertiary/aromatic N) is 4. The largest absolute Gasteiger partial charge is 0.492 e. The zero-order chi connectivity index (χ0) is 21.1. The lowest BCUT2D eigenvalue weighted by Gasteiger charge is -2.23. The van der Waals surface area contributed by atoms with E-state index in [1.165, 1.54) is 6.33 Å². The van der Waals surface area contributed by atoms with Crippen molar-refractivity contribution in [1.29, 1.82) is 0 Å². The maximum absolute atomic E-state index is 14.1. The summed E-state index contributed by atoms with van der Waals surface area (Å²) in [7, 11) is 0. The van der Waals surface area contributed by atoms with E-state index in [2.05, 4.69) is 20.3 Å². The molecule has 7 nitrogen and oxygen atoms in total. The van der Waals surface area contributed by atoms with Crippen LogP contribution in [0.4, 0.5) is 10.2 Å². The molecule has 10 heteroatoms. The normalized spacial score (nSPS) is 16.7. The molecule has 3 aromatic rings. The number of benzene rings is 1. The molecule has 30 heavy (non-hydrogen) atoms. The van der Waals surface area contributed by atoms with Crippen molar-refractivity contribution >= 4 is 51.2 Å². The highest BCUT2D eigenvalue weighted by Crippen LogP contribution is 2.33. The molecule has 1 saturated heterocycles. The number of halogens is 3. The minimum absolute atomic E-state index is 0.0383. The molecule has 0 spiro atoms. The van der Waals surface area contributed by atoms with Crippen LogP contribution in [0.15, 0.2) is 18.7 Å². The number of imidazole rings is 1. The molecule has 1 fully saturated rings. The Bertz CT molecular complexity index is 1040. The maximum Gasteiger partial charge on any atom is 0.167 e. The topological polar surface area (TPSA) is 74.1 Å². The Hall–Kier alpha value is -1.72. The molecule has 0 amide bonds. The van der Waals surface area contributed by atoms with Crippen molar-refractivity contribution in [2.45, 2.75) is 38.8 Å². The van der Waals surface area contributed by atoms with E-state index in [0.29, 0.717) is 40.2 Å². The Labute approximate surface area is 192 Å². The number of hydrogen-bond acceptors (Lipinski definition) is 6. The average molecular weight is 546 g/mol. The molecule has 2 aromatic heterocycles. The third-order valence-corrected chi connectivity index (χ3v) is 6.23. The van der Waals surface area contributed by atoms with E-state index >= 15 is 0 Å². The number of ether oxygens (including phenoxy) is 2. The molecule has 0 saturated carbocycles. The number of aromatic nitrogens is 4. The summed E-state index contributed by atoms with van der Waals surface area (Å²) in [5.41, 5.74) is 2.28. The second kappa shape index (κ2) is 9.61. The summed E-state index contributed by atoms with van der Waals surface area (Å²) in [6, 6.07) is 1.62. The molecular formula is C20H22ClFIN5O2. The minimum Gasteiger partial charge on any atom is -0.492 e. The molecule has 0 bridgehead atoms. The summed E-state index contributed by atoms with van der Waals surface area (Å²) in [6.07, 6.45) is 6.99. The first kappa shape index (κ1) is 21.5. The van der Waals surface area contributed by atoms with Gasteiger partial charge in [0.25, 0.3) is 0 Å². The first-order chi connectivity index (χ1) is 14.6. The van der Waals surface area contributed by atoms with Crippen molar-refractivity contribution in [3.63, 3.8) is 0 Å². The average Bonchev–Trinajstić information content (AvgIpc) is 3.20. The van der Waals surface area contributed by atoms with Crippen LogP contribution in [0, 0.1) is 9.39 Å². The summed E-state index contributed by atoms with van der Waals surface area (Å²) in [4.78, 5) is 13.3. The van der Waals surface area contributed by atoms with Gasteiger partial charge in [-0.2, -0.15) is 0 Å². The fourth-order valence-electron chi connectivity index (χ4n) is 3.56. The van der Waals surface area contributed by atoms with E-state index in [-0.39, 0.29) is 11.3 Å². The van der Waals surface area contributed by atoms with Crippen LogP contribution in [0.1, 0.15) is 38.0 Å². The molecule has 3 heterocycles. The first-order valence-corrected chi connectivity index (χ1v) is 11.4. The molecule has 1 unspecified atom stereocenters. The monoisotopic (exact) mass is 545 g/mol. The number of fused-ring (bicyclic) bond motifs is 1. The lowest BCUT2D eigenvalue weighted by molar-refractivity contribution is -0.0298. The SMILES string of the molecule is CCOc1c(CCNc2ncnc3c2ncn3C2CCCCO2)cc(Cl)c(F)c1I. The van der Waals surface area contributed by atoms with Crippen LogP contribution in [0.25, 0.3) is 11.2 Å². The lowest BCUT2D eigenvalue weighted by Crippen LogP contribution is -2.17. The van der Waals surface area contributed by atoms with E-state index in [9.17, 15) is 4.39 Å². The summed E-state index contributed by atoms with van der Waals surface area (Å²) in [5.74, 6) is 0.731. The highest BCUT2D eigenvalue weighted by Gasteiger charge is 2.20. The van der Waals surface area contributed by atoms with Crippen molar-refractivity contribution in [3.05, 3.63) is 38.7 Å². The number of rotatable bonds is 7. The highest BCUT2D eigenvalue weighted by atomic mass is 127.